The van der Waals surface area contributed by atoms with Gasteiger partial charge in [0.1, 0.15) is 6.07 Å². The van der Waals surface area contributed by atoms with Crippen LogP contribution in [0.4, 0.5) is 11.4 Å². The highest BCUT2D eigenvalue weighted by molar-refractivity contribution is 6.32. The van der Waals surface area contributed by atoms with Crippen molar-refractivity contribution in [1.82, 2.24) is 0 Å². The predicted molar refractivity (Wildman–Crippen MR) is 54.9 cm³/mol. The minimum absolute atomic E-state index is 0.340. The Labute approximate surface area is 82.3 Å². The summed E-state index contributed by atoms with van der Waals surface area (Å²) in [5.74, 6) is 0. The monoisotopic (exact) mass is 195 g/mol. The largest absolute Gasteiger partial charge is 0.398 e. The predicted octanol–water partition coefficient (Wildman–Crippen LogP) is 1.86. The van der Waals surface area contributed by atoms with E-state index >= 15 is 0 Å². The Morgan fingerprint density at radius 3 is 2.46 bits per heavy atom. The van der Waals surface area contributed by atoms with Gasteiger partial charge in [-0.3, -0.25) is 0 Å². The van der Waals surface area contributed by atoms with Crippen LogP contribution in [0.15, 0.2) is 12.1 Å². The van der Waals surface area contributed by atoms with E-state index in [1.54, 1.807) is 12.1 Å². The van der Waals surface area contributed by atoms with Gasteiger partial charge in [0, 0.05) is 19.8 Å². The fourth-order valence-electron chi connectivity index (χ4n) is 0.989. The van der Waals surface area contributed by atoms with Gasteiger partial charge in [-0.15, -0.1) is 0 Å². The van der Waals surface area contributed by atoms with Crippen LogP contribution >= 0.6 is 11.6 Å². The molecule has 0 aromatic heterocycles. The number of nitrogen functional groups attached to an aromatic ring is 1. The molecule has 4 heteroatoms. The van der Waals surface area contributed by atoms with Crippen molar-refractivity contribution < 1.29 is 0 Å². The van der Waals surface area contributed by atoms with Crippen LogP contribution in [0.5, 0.6) is 0 Å². The quantitative estimate of drug-likeness (QED) is 0.696. The van der Waals surface area contributed by atoms with E-state index < -0.39 is 0 Å². The van der Waals surface area contributed by atoms with Gasteiger partial charge in [-0.25, -0.2) is 0 Å². The first-order chi connectivity index (χ1) is 6.06. The lowest BCUT2D eigenvalue weighted by Gasteiger charge is -2.14. The van der Waals surface area contributed by atoms with Gasteiger partial charge in [0.25, 0.3) is 0 Å². The molecule has 0 atom stereocenters. The van der Waals surface area contributed by atoms with Crippen LogP contribution in [0.2, 0.25) is 5.02 Å². The molecule has 68 valence electrons. The molecular weight excluding hydrogens is 186 g/mol. The van der Waals surface area contributed by atoms with Crippen LogP contribution in [0, 0.1) is 11.3 Å². The minimum Gasteiger partial charge on any atom is -0.398 e. The Balaban J connectivity index is 3.30. The molecule has 0 saturated heterocycles. The first-order valence-electron chi connectivity index (χ1n) is 3.72. The number of benzene rings is 1. The van der Waals surface area contributed by atoms with Gasteiger partial charge in [0.15, 0.2) is 0 Å². The number of nitrogens with two attached hydrogens (primary N) is 1. The maximum Gasteiger partial charge on any atom is 0.103 e. The smallest absolute Gasteiger partial charge is 0.103 e. The molecule has 0 amide bonds. The standard InChI is InChI=1S/C9H10ClN3/c1-13(2)6-3-8(10)7(5-11)9(12)4-6/h3-4H,12H2,1-2H3. The Morgan fingerprint density at radius 2 is 2.08 bits per heavy atom. The summed E-state index contributed by atoms with van der Waals surface area (Å²) in [6, 6.07) is 5.40. The van der Waals surface area contributed by atoms with Gasteiger partial charge in [0.05, 0.1) is 16.3 Å². The maximum absolute atomic E-state index is 8.70. The van der Waals surface area contributed by atoms with Crippen LogP contribution in [-0.4, -0.2) is 14.1 Å². The zero-order valence-electron chi connectivity index (χ0n) is 7.50. The van der Waals surface area contributed by atoms with Crippen molar-refractivity contribution in [3.05, 3.63) is 22.7 Å². The molecule has 0 aliphatic rings. The van der Waals surface area contributed by atoms with Gasteiger partial charge >= 0.3 is 0 Å². The van der Waals surface area contributed by atoms with Gasteiger partial charge in [-0.2, -0.15) is 5.26 Å². The minimum atomic E-state index is 0.340. The molecule has 1 aromatic carbocycles. The summed E-state index contributed by atoms with van der Waals surface area (Å²) in [4.78, 5) is 1.88. The zero-order valence-corrected chi connectivity index (χ0v) is 8.26. The molecule has 1 rings (SSSR count). The number of nitriles is 1. The van der Waals surface area contributed by atoms with Crippen LogP contribution in [0.25, 0.3) is 0 Å². The van der Waals surface area contributed by atoms with E-state index in [9.17, 15) is 0 Å². The second kappa shape index (κ2) is 3.55. The number of hydrogen-bond donors (Lipinski definition) is 1. The third kappa shape index (κ3) is 1.85. The van der Waals surface area contributed by atoms with Crippen LogP contribution < -0.4 is 10.6 Å². The lowest BCUT2D eigenvalue weighted by molar-refractivity contribution is 1.13. The normalized spacial score (nSPS) is 9.38. The first kappa shape index (κ1) is 9.69. The molecule has 2 N–H and O–H groups in total. The van der Waals surface area contributed by atoms with Gasteiger partial charge in [0.2, 0.25) is 0 Å². The number of rotatable bonds is 1. The maximum atomic E-state index is 8.70. The topological polar surface area (TPSA) is 53.0 Å². The molecule has 0 spiro atoms. The van der Waals surface area contributed by atoms with E-state index in [4.69, 9.17) is 22.6 Å². The van der Waals surface area contributed by atoms with Crippen LogP contribution in [0.3, 0.4) is 0 Å². The second-order valence-electron chi connectivity index (χ2n) is 2.90. The van der Waals surface area contributed by atoms with E-state index in [1.165, 1.54) is 0 Å². The fourth-order valence-corrected chi connectivity index (χ4v) is 1.25. The van der Waals surface area contributed by atoms with Crippen molar-refractivity contribution in [2.24, 2.45) is 0 Å². The summed E-state index contributed by atoms with van der Waals surface area (Å²) in [5.41, 5.74) is 7.28. The summed E-state index contributed by atoms with van der Waals surface area (Å²) in [7, 11) is 3.77. The Hall–Kier alpha value is -1.40. The molecule has 0 aliphatic carbocycles. The SMILES string of the molecule is CN(C)c1cc(N)c(C#N)c(Cl)c1. The van der Waals surface area contributed by atoms with Gasteiger partial charge in [-0.1, -0.05) is 11.6 Å². The van der Waals surface area contributed by atoms with E-state index in [0.29, 0.717) is 16.3 Å². The summed E-state index contributed by atoms with van der Waals surface area (Å²) in [5, 5.41) is 9.10. The van der Waals surface area contributed by atoms with Crippen LogP contribution in [-0.2, 0) is 0 Å². The summed E-state index contributed by atoms with van der Waals surface area (Å²) >= 11 is 5.85. The Bertz CT molecular complexity index is 343. The van der Waals surface area contributed by atoms with Gasteiger partial charge in [-0.05, 0) is 12.1 Å². The highest BCUT2D eigenvalue weighted by Crippen LogP contribution is 2.27. The molecule has 0 unspecified atom stereocenters. The fraction of sp³-hybridized carbons (Fsp3) is 0.222. The Kier molecular flexibility index (Phi) is 2.64. The highest BCUT2D eigenvalue weighted by atomic mass is 35.5. The van der Waals surface area contributed by atoms with Gasteiger partial charge < -0.3 is 10.6 Å². The van der Waals surface area contributed by atoms with Crippen molar-refractivity contribution in [3.63, 3.8) is 0 Å². The third-order valence-corrected chi connectivity index (χ3v) is 2.03. The second-order valence-corrected chi connectivity index (χ2v) is 3.31. The molecule has 0 heterocycles. The molecule has 0 saturated carbocycles. The molecule has 0 aliphatic heterocycles. The molecule has 0 fully saturated rings. The van der Waals surface area contributed by atoms with Crippen molar-refractivity contribution in [1.29, 1.82) is 5.26 Å². The summed E-state index contributed by atoms with van der Waals surface area (Å²) in [6.07, 6.45) is 0. The van der Waals surface area contributed by atoms with Crippen molar-refractivity contribution >= 4 is 23.0 Å². The summed E-state index contributed by atoms with van der Waals surface area (Å²) < 4.78 is 0. The van der Waals surface area contributed by atoms with E-state index in [0.717, 1.165) is 5.69 Å². The highest BCUT2D eigenvalue weighted by Gasteiger charge is 2.07. The Morgan fingerprint density at radius 1 is 1.46 bits per heavy atom. The van der Waals surface area contributed by atoms with E-state index in [2.05, 4.69) is 0 Å². The number of hydrogen-bond acceptors (Lipinski definition) is 3. The lowest BCUT2D eigenvalue weighted by Crippen LogP contribution is -2.09. The average molecular weight is 196 g/mol. The number of halogens is 1. The molecule has 13 heavy (non-hydrogen) atoms. The molecule has 3 nitrogen and oxygen atoms in total. The number of anilines is 2. The molecule has 1 aromatic rings. The third-order valence-electron chi connectivity index (χ3n) is 1.73. The van der Waals surface area contributed by atoms with Crippen LogP contribution in [0.1, 0.15) is 5.56 Å². The average Bonchev–Trinajstić information content (AvgIpc) is 2.03. The van der Waals surface area contributed by atoms with Crippen molar-refractivity contribution in [2.75, 3.05) is 24.7 Å². The molecule has 0 radical (unpaired) electrons. The van der Waals surface area contributed by atoms with Crippen molar-refractivity contribution in [2.45, 2.75) is 0 Å². The van der Waals surface area contributed by atoms with Crippen molar-refractivity contribution in [3.8, 4) is 6.07 Å². The number of nitrogens with zero attached hydrogens (tertiary/aromatic N) is 2. The summed E-state index contributed by atoms with van der Waals surface area (Å²) in [6.45, 7) is 0. The zero-order chi connectivity index (χ0) is 10.0. The first-order valence-corrected chi connectivity index (χ1v) is 4.10. The van der Waals surface area contributed by atoms with E-state index in [1.807, 2.05) is 25.1 Å². The van der Waals surface area contributed by atoms with E-state index in [-0.39, 0.29) is 0 Å². The molecular formula is C9H10ClN3. The molecule has 0 bridgehead atoms. The lowest BCUT2D eigenvalue weighted by atomic mass is 10.1.